The third kappa shape index (κ3) is 3.55. The van der Waals surface area contributed by atoms with Crippen LogP contribution in [0.2, 0.25) is 5.02 Å². The Kier molecular flexibility index (Phi) is 4.73. The summed E-state index contributed by atoms with van der Waals surface area (Å²) < 4.78 is 1.53. The first-order valence-electron chi connectivity index (χ1n) is 8.62. The van der Waals surface area contributed by atoms with Gasteiger partial charge in [-0.15, -0.1) is 0 Å². The van der Waals surface area contributed by atoms with Gasteiger partial charge in [0.1, 0.15) is 12.4 Å². The van der Waals surface area contributed by atoms with Crippen LogP contribution in [0, 0.1) is 10.1 Å². The van der Waals surface area contributed by atoms with Crippen molar-refractivity contribution < 1.29 is 9.72 Å². The standard InChI is InChI=1S/C19H15ClN6O3/c1-11-16(18(27)24-14-7-5-13(20)6-8-14)17(25-19(23-11)21-10-22-25)12-3-2-4-15(9-12)26(28)29/h2-10,17H,1H3,(H,24,27)(H,21,22,23)/t17-/m0/s1. The molecule has 146 valence electrons. The van der Waals surface area contributed by atoms with E-state index in [2.05, 4.69) is 20.7 Å². The number of hydrogen-bond donors (Lipinski definition) is 2. The average molecular weight is 411 g/mol. The molecule has 0 bridgehead atoms. The van der Waals surface area contributed by atoms with Crippen LogP contribution in [0.1, 0.15) is 18.5 Å². The number of nitro groups is 1. The van der Waals surface area contributed by atoms with Gasteiger partial charge >= 0.3 is 0 Å². The Morgan fingerprint density at radius 2 is 2.03 bits per heavy atom. The first-order chi connectivity index (χ1) is 13.9. The number of fused-ring (bicyclic) bond motifs is 1. The van der Waals surface area contributed by atoms with Crippen LogP contribution in [0.25, 0.3) is 0 Å². The minimum absolute atomic E-state index is 0.0715. The number of nitrogens with zero attached hydrogens (tertiary/aromatic N) is 4. The number of halogens is 1. The quantitative estimate of drug-likeness (QED) is 0.499. The molecule has 2 aromatic carbocycles. The lowest BCUT2D eigenvalue weighted by Gasteiger charge is -2.28. The van der Waals surface area contributed by atoms with Gasteiger partial charge in [0.05, 0.1) is 10.5 Å². The summed E-state index contributed by atoms with van der Waals surface area (Å²) in [6.07, 6.45) is 1.36. The fourth-order valence-corrected chi connectivity index (χ4v) is 3.36. The highest BCUT2D eigenvalue weighted by Gasteiger charge is 2.34. The van der Waals surface area contributed by atoms with E-state index >= 15 is 0 Å². The highest BCUT2D eigenvalue weighted by Crippen LogP contribution is 2.36. The zero-order valence-corrected chi connectivity index (χ0v) is 15.9. The summed E-state index contributed by atoms with van der Waals surface area (Å²) in [6, 6.07) is 12.2. The lowest BCUT2D eigenvalue weighted by molar-refractivity contribution is -0.384. The molecule has 2 heterocycles. The van der Waals surface area contributed by atoms with E-state index in [0.717, 1.165) is 0 Å². The summed E-state index contributed by atoms with van der Waals surface area (Å²) >= 11 is 5.90. The normalized spacial score (nSPS) is 15.4. The lowest BCUT2D eigenvalue weighted by atomic mass is 9.94. The average Bonchev–Trinajstić information content (AvgIpc) is 3.16. The molecule has 3 aromatic rings. The van der Waals surface area contributed by atoms with Crippen LogP contribution < -0.4 is 10.6 Å². The summed E-state index contributed by atoms with van der Waals surface area (Å²) in [5, 5.41) is 21.9. The zero-order chi connectivity index (χ0) is 20.5. The van der Waals surface area contributed by atoms with E-state index < -0.39 is 11.0 Å². The topological polar surface area (TPSA) is 115 Å². The van der Waals surface area contributed by atoms with E-state index in [4.69, 9.17) is 11.6 Å². The van der Waals surface area contributed by atoms with E-state index in [1.54, 1.807) is 43.3 Å². The monoisotopic (exact) mass is 410 g/mol. The number of carbonyl (C=O) groups is 1. The number of aromatic nitrogens is 3. The van der Waals surface area contributed by atoms with E-state index in [1.165, 1.54) is 23.1 Å². The molecule has 0 unspecified atom stereocenters. The van der Waals surface area contributed by atoms with E-state index in [0.29, 0.717) is 33.5 Å². The highest BCUT2D eigenvalue weighted by atomic mass is 35.5. The number of nitrogens with one attached hydrogen (secondary N) is 2. The molecule has 0 saturated carbocycles. The lowest BCUT2D eigenvalue weighted by Crippen LogP contribution is -2.31. The second kappa shape index (κ2) is 7.36. The van der Waals surface area contributed by atoms with Crippen LogP contribution in [-0.4, -0.2) is 25.6 Å². The number of non-ortho nitro benzene ring substituents is 1. The number of hydrogen-bond acceptors (Lipinski definition) is 6. The Balaban J connectivity index is 1.77. The van der Waals surface area contributed by atoms with Crippen molar-refractivity contribution in [2.75, 3.05) is 10.6 Å². The van der Waals surface area contributed by atoms with Crippen molar-refractivity contribution in [3.05, 3.63) is 86.8 Å². The van der Waals surface area contributed by atoms with Gasteiger partial charge < -0.3 is 10.6 Å². The Hall–Kier alpha value is -3.72. The minimum atomic E-state index is -0.680. The van der Waals surface area contributed by atoms with Crippen molar-refractivity contribution in [3.63, 3.8) is 0 Å². The molecule has 0 saturated heterocycles. The molecule has 0 aliphatic carbocycles. The molecule has 1 aromatic heterocycles. The summed E-state index contributed by atoms with van der Waals surface area (Å²) in [4.78, 5) is 28.1. The Morgan fingerprint density at radius 1 is 1.28 bits per heavy atom. The second-order valence-corrected chi connectivity index (χ2v) is 6.84. The highest BCUT2D eigenvalue weighted by molar-refractivity contribution is 6.30. The van der Waals surface area contributed by atoms with Crippen LogP contribution in [0.3, 0.4) is 0 Å². The van der Waals surface area contributed by atoms with Crippen LogP contribution in [0.5, 0.6) is 0 Å². The number of carbonyl (C=O) groups excluding carboxylic acids is 1. The first-order valence-corrected chi connectivity index (χ1v) is 9.00. The maximum Gasteiger partial charge on any atom is 0.269 e. The molecule has 29 heavy (non-hydrogen) atoms. The molecule has 1 atom stereocenters. The van der Waals surface area contributed by atoms with Gasteiger partial charge in [-0.25, -0.2) is 4.68 Å². The SMILES string of the molecule is CC1=C(C(=O)Nc2ccc(Cl)cc2)[C@H](c2cccc([N+](=O)[O-])c2)n2ncnc2N1. The zero-order valence-electron chi connectivity index (χ0n) is 15.2. The third-order valence-corrected chi connectivity index (χ3v) is 4.79. The van der Waals surface area contributed by atoms with E-state index in [-0.39, 0.29) is 11.6 Å². The maximum absolute atomic E-state index is 13.2. The number of anilines is 2. The van der Waals surface area contributed by atoms with Gasteiger partial charge in [0.15, 0.2) is 0 Å². The molecule has 2 N–H and O–H groups in total. The number of rotatable bonds is 4. The molecule has 1 amide bonds. The summed E-state index contributed by atoms with van der Waals surface area (Å²) in [5.74, 6) is 0.0806. The summed E-state index contributed by atoms with van der Waals surface area (Å²) in [6.45, 7) is 1.75. The summed E-state index contributed by atoms with van der Waals surface area (Å²) in [5.41, 5.74) is 2.00. The molecule has 0 fully saturated rings. The Morgan fingerprint density at radius 3 is 2.76 bits per heavy atom. The molecule has 0 radical (unpaired) electrons. The molecule has 4 rings (SSSR count). The van der Waals surface area contributed by atoms with Gasteiger partial charge in [-0.2, -0.15) is 10.1 Å². The molecule has 1 aliphatic rings. The first kappa shape index (κ1) is 18.6. The Labute approximate surface area is 170 Å². The smallest absolute Gasteiger partial charge is 0.269 e. The van der Waals surface area contributed by atoms with E-state index in [9.17, 15) is 14.9 Å². The van der Waals surface area contributed by atoms with Crippen LogP contribution in [0.4, 0.5) is 17.3 Å². The van der Waals surface area contributed by atoms with Crippen LogP contribution in [-0.2, 0) is 4.79 Å². The minimum Gasteiger partial charge on any atom is -0.328 e. The van der Waals surface area contributed by atoms with Crippen LogP contribution >= 0.6 is 11.6 Å². The van der Waals surface area contributed by atoms with Gasteiger partial charge in [0, 0.05) is 28.5 Å². The largest absolute Gasteiger partial charge is 0.328 e. The number of allylic oxidation sites excluding steroid dienone is 1. The maximum atomic E-state index is 13.2. The number of benzene rings is 2. The molecular formula is C19H15ClN6O3. The van der Waals surface area contributed by atoms with Crippen molar-refractivity contribution in [2.24, 2.45) is 0 Å². The molecule has 0 spiro atoms. The number of nitro benzene ring substituents is 1. The van der Waals surface area contributed by atoms with Gasteiger partial charge in [0.25, 0.3) is 11.6 Å². The fourth-order valence-electron chi connectivity index (χ4n) is 3.23. The van der Waals surface area contributed by atoms with Crippen molar-refractivity contribution in [3.8, 4) is 0 Å². The van der Waals surface area contributed by atoms with Crippen molar-refractivity contribution in [1.82, 2.24) is 14.8 Å². The van der Waals surface area contributed by atoms with E-state index in [1.807, 2.05) is 0 Å². The number of amides is 1. The van der Waals surface area contributed by atoms with Crippen molar-refractivity contribution in [1.29, 1.82) is 0 Å². The molecule has 10 heteroatoms. The van der Waals surface area contributed by atoms with Gasteiger partial charge in [0.2, 0.25) is 5.95 Å². The predicted molar refractivity (Wildman–Crippen MR) is 108 cm³/mol. The van der Waals surface area contributed by atoms with Crippen molar-refractivity contribution in [2.45, 2.75) is 13.0 Å². The van der Waals surface area contributed by atoms with Gasteiger partial charge in [-0.05, 0) is 36.8 Å². The van der Waals surface area contributed by atoms with Gasteiger partial charge in [-0.3, -0.25) is 14.9 Å². The molecule has 9 nitrogen and oxygen atoms in total. The second-order valence-electron chi connectivity index (χ2n) is 6.41. The predicted octanol–water partition coefficient (Wildman–Crippen LogP) is 3.77. The van der Waals surface area contributed by atoms with Crippen molar-refractivity contribution >= 4 is 34.8 Å². The molecule has 1 aliphatic heterocycles. The third-order valence-electron chi connectivity index (χ3n) is 4.54. The van der Waals surface area contributed by atoms with Gasteiger partial charge in [-0.1, -0.05) is 23.7 Å². The molecular weight excluding hydrogens is 396 g/mol. The Bertz CT molecular complexity index is 1140. The van der Waals surface area contributed by atoms with Crippen LogP contribution in [0.15, 0.2) is 66.1 Å². The summed E-state index contributed by atoms with van der Waals surface area (Å²) in [7, 11) is 0. The fraction of sp³-hybridized carbons (Fsp3) is 0.105.